The van der Waals surface area contributed by atoms with E-state index in [4.69, 9.17) is 4.74 Å². The van der Waals surface area contributed by atoms with Gasteiger partial charge in [0.1, 0.15) is 11.6 Å². The van der Waals surface area contributed by atoms with Gasteiger partial charge in [0.05, 0.1) is 25.4 Å². The summed E-state index contributed by atoms with van der Waals surface area (Å²) in [6.45, 7) is 5.31. The number of carbonyl (C=O) groups excluding carboxylic acids is 1. The molecule has 1 aromatic carbocycles. The number of rotatable bonds is 8. The van der Waals surface area contributed by atoms with Crippen molar-refractivity contribution < 1.29 is 9.53 Å². The minimum absolute atomic E-state index is 0.0896. The van der Waals surface area contributed by atoms with Crippen LogP contribution in [0, 0.1) is 5.92 Å². The maximum Gasteiger partial charge on any atom is 0.229 e. The molecule has 1 aromatic heterocycles. The van der Waals surface area contributed by atoms with Crippen LogP contribution in [0.4, 0.5) is 11.5 Å². The fraction of sp³-hybridized carbons (Fsp3) is 0.368. The molecular weight excluding hydrogens is 302 g/mol. The van der Waals surface area contributed by atoms with Gasteiger partial charge in [0.15, 0.2) is 0 Å². The van der Waals surface area contributed by atoms with E-state index in [-0.39, 0.29) is 5.91 Å². The van der Waals surface area contributed by atoms with E-state index in [9.17, 15) is 4.79 Å². The molecule has 1 amide bonds. The van der Waals surface area contributed by atoms with Crippen molar-refractivity contribution in [1.82, 2.24) is 4.98 Å². The Labute approximate surface area is 143 Å². The van der Waals surface area contributed by atoms with Gasteiger partial charge in [-0.15, -0.1) is 0 Å². The monoisotopic (exact) mass is 327 g/mol. The first-order valence-corrected chi connectivity index (χ1v) is 8.19. The third-order valence-corrected chi connectivity index (χ3v) is 3.61. The number of nitrogens with zero attached hydrogens (tertiary/aromatic N) is 1. The number of methoxy groups -OCH3 is 1. The van der Waals surface area contributed by atoms with Gasteiger partial charge in [-0.2, -0.15) is 0 Å². The highest BCUT2D eigenvalue weighted by molar-refractivity contribution is 5.91. The Bertz CT molecular complexity index is 637. The van der Waals surface area contributed by atoms with Crippen molar-refractivity contribution in [1.29, 1.82) is 0 Å². The Morgan fingerprint density at radius 2 is 1.92 bits per heavy atom. The van der Waals surface area contributed by atoms with E-state index >= 15 is 0 Å². The van der Waals surface area contributed by atoms with Gasteiger partial charge in [-0.3, -0.25) is 4.79 Å². The summed E-state index contributed by atoms with van der Waals surface area (Å²) in [5.41, 5.74) is 1.89. The predicted molar refractivity (Wildman–Crippen MR) is 97.5 cm³/mol. The molecular formula is C19H25N3O2. The molecule has 0 fully saturated rings. The zero-order valence-electron chi connectivity index (χ0n) is 14.5. The quantitative estimate of drug-likeness (QED) is 0.775. The standard InChI is InChI=1S/C19H25N3O2/c1-14(2)10-11-20-16-6-9-18(21-13-16)22-19(23)12-15-4-7-17(24-3)8-5-15/h4-9,13-14,20H,10-12H2,1-3H3,(H,21,22,23). The maximum absolute atomic E-state index is 12.1. The molecule has 5 nitrogen and oxygen atoms in total. The molecule has 0 aliphatic heterocycles. The molecule has 0 unspecified atom stereocenters. The Kier molecular flexibility index (Phi) is 6.61. The van der Waals surface area contributed by atoms with E-state index in [2.05, 4.69) is 29.5 Å². The van der Waals surface area contributed by atoms with Crippen molar-refractivity contribution in [2.45, 2.75) is 26.7 Å². The van der Waals surface area contributed by atoms with Crippen LogP contribution in [0.15, 0.2) is 42.6 Å². The van der Waals surface area contributed by atoms with Crippen molar-refractivity contribution >= 4 is 17.4 Å². The molecule has 0 saturated heterocycles. The van der Waals surface area contributed by atoms with E-state index in [1.54, 1.807) is 13.3 Å². The molecule has 24 heavy (non-hydrogen) atoms. The van der Waals surface area contributed by atoms with E-state index in [1.807, 2.05) is 36.4 Å². The predicted octanol–water partition coefficient (Wildman–Crippen LogP) is 3.73. The van der Waals surface area contributed by atoms with E-state index < -0.39 is 0 Å². The normalized spacial score (nSPS) is 10.5. The first-order chi connectivity index (χ1) is 11.6. The van der Waals surface area contributed by atoms with Gasteiger partial charge < -0.3 is 15.4 Å². The molecule has 2 rings (SSSR count). The first kappa shape index (κ1) is 17.8. The van der Waals surface area contributed by atoms with Gasteiger partial charge in [-0.05, 0) is 42.2 Å². The molecule has 1 heterocycles. The van der Waals surface area contributed by atoms with E-state index in [1.165, 1.54) is 0 Å². The number of pyridine rings is 1. The van der Waals surface area contributed by atoms with Gasteiger partial charge in [-0.1, -0.05) is 26.0 Å². The number of ether oxygens (including phenoxy) is 1. The third kappa shape index (κ3) is 5.91. The summed E-state index contributed by atoms with van der Waals surface area (Å²) < 4.78 is 5.11. The lowest BCUT2D eigenvalue weighted by atomic mass is 10.1. The molecule has 0 bridgehead atoms. The van der Waals surface area contributed by atoms with Gasteiger partial charge >= 0.3 is 0 Å². The Hall–Kier alpha value is -2.56. The molecule has 0 atom stereocenters. The second kappa shape index (κ2) is 8.91. The average Bonchev–Trinajstić information content (AvgIpc) is 2.57. The second-order valence-electron chi connectivity index (χ2n) is 6.11. The maximum atomic E-state index is 12.1. The van der Waals surface area contributed by atoms with E-state index in [0.717, 1.165) is 30.0 Å². The van der Waals surface area contributed by atoms with Crippen LogP contribution in [0.2, 0.25) is 0 Å². The number of hydrogen-bond acceptors (Lipinski definition) is 4. The largest absolute Gasteiger partial charge is 0.497 e. The SMILES string of the molecule is COc1ccc(CC(=O)Nc2ccc(NCCC(C)C)cn2)cc1. The molecule has 0 radical (unpaired) electrons. The summed E-state index contributed by atoms with van der Waals surface area (Å²) in [5.74, 6) is 1.92. The van der Waals surface area contributed by atoms with E-state index in [0.29, 0.717) is 18.2 Å². The van der Waals surface area contributed by atoms with Gasteiger partial charge in [0, 0.05) is 6.54 Å². The number of nitrogens with one attached hydrogen (secondary N) is 2. The highest BCUT2D eigenvalue weighted by Crippen LogP contribution is 2.13. The summed E-state index contributed by atoms with van der Waals surface area (Å²) in [4.78, 5) is 16.3. The summed E-state index contributed by atoms with van der Waals surface area (Å²) in [6, 6.07) is 11.2. The second-order valence-corrected chi connectivity index (χ2v) is 6.11. The van der Waals surface area contributed by atoms with Crippen LogP contribution in [0.3, 0.4) is 0 Å². The zero-order valence-corrected chi connectivity index (χ0v) is 14.5. The smallest absolute Gasteiger partial charge is 0.229 e. The summed E-state index contributed by atoms with van der Waals surface area (Å²) in [5, 5.41) is 6.13. The number of amides is 1. The molecule has 128 valence electrons. The molecule has 0 aliphatic rings. The first-order valence-electron chi connectivity index (χ1n) is 8.19. The Morgan fingerprint density at radius 3 is 2.50 bits per heavy atom. The van der Waals surface area contributed by atoms with Gasteiger partial charge in [0.25, 0.3) is 0 Å². The Balaban J connectivity index is 1.82. The van der Waals surface area contributed by atoms with Crippen molar-refractivity contribution in [2.24, 2.45) is 5.92 Å². The average molecular weight is 327 g/mol. The minimum atomic E-state index is -0.0896. The van der Waals surface area contributed by atoms with Crippen LogP contribution in [0.1, 0.15) is 25.8 Å². The number of hydrogen-bond donors (Lipinski definition) is 2. The van der Waals surface area contributed by atoms with Gasteiger partial charge in [0.2, 0.25) is 5.91 Å². The molecule has 2 N–H and O–H groups in total. The highest BCUT2D eigenvalue weighted by Gasteiger charge is 2.05. The lowest BCUT2D eigenvalue weighted by molar-refractivity contribution is -0.115. The fourth-order valence-corrected chi connectivity index (χ4v) is 2.19. The summed E-state index contributed by atoms with van der Waals surface area (Å²) in [6.07, 6.45) is 3.16. The summed E-state index contributed by atoms with van der Waals surface area (Å²) in [7, 11) is 1.62. The molecule has 0 aliphatic carbocycles. The third-order valence-electron chi connectivity index (χ3n) is 3.61. The lowest BCUT2D eigenvalue weighted by Gasteiger charge is -2.09. The molecule has 5 heteroatoms. The van der Waals surface area contributed by atoms with Crippen LogP contribution >= 0.6 is 0 Å². The van der Waals surface area contributed by atoms with Crippen LogP contribution in [-0.4, -0.2) is 24.5 Å². The Morgan fingerprint density at radius 1 is 1.17 bits per heavy atom. The fourth-order valence-electron chi connectivity index (χ4n) is 2.19. The minimum Gasteiger partial charge on any atom is -0.497 e. The molecule has 0 saturated carbocycles. The highest BCUT2D eigenvalue weighted by atomic mass is 16.5. The van der Waals surface area contributed by atoms with Crippen molar-refractivity contribution in [2.75, 3.05) is 24.3 Å². The lowest BCUT2D eigenvalue weighted by Crippen LogP contribution is -2.15. The zero-order chi connectivity index (χ0) is 17.4. The van der Waals surface area contributed by atoms with Crippen LogP contribution in [0.25, 0.3) is 0 Å². The van der Waals surface area contributed by atoms with Crippen LogP contribution in [-0.2, 0) is 11.2 Å². The summed E-state index contributed by atoms with van der Waals surface area (Å²) >= 11 is 0. The number of aromatic nitrogens is 1. The van der Waals surface area contributed by atoms with Crippen LogP contribution < -0.4 is 15.4 Å². The number of anilines is 2. The van der Waals surface area contributed by atoms with Crippen molar-refractivity contribution in [3.63, 3.8) is 0 Å². The molecule has 2 aromatic rings. The number of benzene rings is 1. The van der Waals surface area contributed by atoms with Crippen molar-refractivity contribution in [3.05, 3.63) is 48.2 Å². The van der Waals surface area contributed by atoms with Crippen LogP contribution in [0.5, 0.6) is 5.75 Å². The molecule has 0 spiro atoms. The topological polar surface area (TPSA) is 63.2 Å². The van der Waals surface area contributed by atoms with Crippen molar-refractivity contribution in [3.8, 4) is 5.75 Å². The van der Waals surface area contributed by atoms with Gasteiger partial charge in [-0.25, -0.2) is 4.98 Å². The number of carbonyl (C=O) groups is 1.